The Bertz CT molecular complexity index is 722. The molecule has 0 aromatic heterocycles. The second-order valence-electron chi connectivity index (χ2n) is 5.53. The van der Waals surface area contributed by atoms with Crippen LogP contribution in [-0.2, 0) is 23.0 Å². The fourth-order valence-electron chi connectivity index (χ4n) is 3.17. The third-order valence-electron chi connectivity index (χ3n) is 3.99. The first-order valence-corrected chi connectivity index (χ1v) is 7.98. The molecular weight excluding hydrogens is 303 g/mol. The Labute approximate surface area is 121 Å². The maximum Gasteiger partial charge on any atom is 0.511 e. The van der Waals surface area contributed by atoms with Crippen LogP contribution in [0.25, 0.3) is 0 Å². The van der Waals surface area contributed by atoms with Gasteiger partial charge in [-0.1, -0.05) is 29.8 Å². The minimum absolute atomic E-state index is 0.150. The van der Waals surface area contributed by atoms with Gasteiger partial charge in [0.05, 0.1) is 0 Å². The number of hydrogen-bond donors (Lipinski definition) is 0. The summed E-state index contributed by atoms with van der Waals surface area (Å²) >= 11 is 0. The van der Waals surface area contributed by atoms with Crippen LogP contribution in [0.4, 0.5) is 13.2 Å². The van der Waals surface area contributed by atoms with Crippen molar-refractivity contribution < 1.29 is 21.6 Å². The highest BCUT2D eigenvalue weighted by Gasteiger charge is 2.51. The van der Waals surface area contributed by atoms with Crippen molar-refractivity contribution in [2.75, 3.05) is 6.54 Å². The highest BCUT2D eigenvalue weighted by molar-refractivity contribution is 7.89. The van der Waals surface area contributed by atoms with Gasteiger partial charge < -0.3 is 0 Å². The zero-order valence-corrected chi connectivity index (χ0v) is 12.1. The lowest BCUT2D eigenvalue weighted by Gasteiger charge is -2.36. The van der Waals surface area contributed by atoms with Crippen LogP contribution in [0, 0.1) is 0 Å². The van der Waals surface area contributed by atoms with Gasteiger partial charge in [0.1, 0.15) is 0 Å². The first kappa shape index (κ1) is 14.6. The molecule has 3 nitrogen and oxygen atoms in total. The lowest BCUT2D eigenvalue weighted by Crippen LogP contribution is -2.45. The molecular formula is C14H14F3NO2S. The van der Waals surface area contributed by atoms with Crippen molar-refractivity contribution in [1.29, 1.82) is 0 Å². The second kappa shape index (κ2) is 4.58. The Morgan fingerprint density at radius 2 is 1.90 bits per heavy atom. The zero-order valence-electron chi connectivity index (χ0n) is 11.3. The predicted octanol–water partition coefficient (Wildman–Crippen LogP) is 2.94. The summed E-state index contributed by atoms with van der Waals surface area (Å²) in [5.41, 5.74) is -1.45. The van der Waals surface area contributed by atoms with Crippen molar-refractivity contribution in [1.82, 2.24) is 4.31 Å². The van der Waals surface area contributed by atoms with Crippen molar-refractivity contribution in [3.05, 3.63) is 46.5 Å². The van der Waals surface area contributed by atoms with Crippen molar-refractivity contribution in [3.63, 3.8) is 0 Å². The molecule has 0 fully saturated rings. The number of benzene rings is 1. The summed E-state index contributed by atoms with van der Waals surface area (Å²) in [5, 5.41) is 0. The van der Waals surface area contributed by atoms with E-state index in [0.717, 1.165) is 23.1 Å². The molecule has 1 aromatic carbocycles. The molecule has 1 heterocycles. The number of rotatable bonds is 1. The number of halogens is 3. The Balaban J connectivity index is 2.07. The molecule has 7 heteroatoms. The van der Waals surface area contributed by atoms with Gasteiger partial charge in [0.2, 0.25) is 0 Å². The van der Waals surface area contributed by atoms with Gasteiger partial charge in [0.15, 0.2) is 0 Å². The first-order valence-electron chi connectivity index (χ1n) is 6.54. The third kappa shape index (κ3) is 2.28. The van der Waals surface area contributed by atoms with E-state index >= 15 is 0 Å². The summed E-state index contributed by atoms with van der Waals surface area (Å²) in [6.45, 7) is 1.55. The lowest BCUT2D eigenvalue weighted by atomic mass is 9.80. The number of allylic oxidation sites excluding steroid dienone is 1. The minimum atomic E-state index is -5.29. The number of alkyl halides is 3. The van der Waals surface area contributed by atoms with E-state index in [4.69, 9.17) is 0 Å². The van der Waals surface area contributed by atoms with E-state index in [1.807, 2.05) is 19.1 Å². The monoisotopic (exact) mass is 317 g/mol. The normalized spacial score (nSPS) is 22.7. The summed E-state index contributed by atoms with van der Waals surface area (Å²) in [7, 11) is -5.29. The summed E-state index contributed by atoms with van der Waals surface area (Å²) in [4.78, 5) is 0. The number of nitrogens with zero attached hydrogens (tertiary/aromatic N) is 1. The van der Waals surface area contributed by atoms with Gasteiger partial charge >= 0.3 is 15.5 Å². The molecule has 0 radical (unpaired) electrons. The van der Waals surface area contributed by atoms with Crippen LogP contribution in [0.1, 0.15) is 29.5 Å². The Morgan fingerprint density at radius 1 is 1.24 bits per heavy atom. The van der Waals surface area contributed by atoms with Crippen molar-refractivity contribution in [2.24, 2.45) is 0 Å². The van der Waals surface area contributed by atoms with Gasteiger partial charge in [0.25, 0.3) is 0 Å². The van der Waals surface area contributed by atoms with Crippen molar-refractivity contribution in [3.8, 4) is 0 Å². The van der Waals surface area contributed by atoms with Gasteiger partial charge in [0, 0.05) is 19.0 Å². The largest absolute Gasteiger partial charge is 0.511 e. The molecule has 1 aromatic rings. The molecule has 3 rings (SSSR count). The molecule has 2 aliphatic rings. The van der Waals surface area contributed by atoms with Gasteiger partial charge in [-0.25, -0.2) is 8.42 Å². The van der Waals surface area contributed by atoms with E-state index in [-0.39, 0.29) is 19.0 Å². The molecule has 1 unspecified atom stereocenters. The van der Waals surface area contributed by atoms with Crippen LogP contribution in [0.3, 0.4) is 0 Å². The minimum Gasteiger partial charge on any atom is -0.203 e. The molecule has 0 saturated carbocycles. The third-order valence-corrected chi connectivity index (χ3v) is 5.53. The second-order valence-corrected chi connectivity index (χ2v) is 7.46. The maximum absolute atomic E-state index is 12.7. The summed E-state index contributed by atoms with van der Waals surface area (Å²) < 4.78 is 62.1. The van der Waals surface area contributed by atoms with Gasteiger partial charge in [-0.2, -0.15) is 17.5 Å². The van der Waals surface area contributed by atoms with Crippen LogP contribution in [0.15, 0.2) is 29.8 Å². The molecule has 0 N–H and O–H groups in total. The number of hydrogen-bond acceptors (Lipinski definition) is 2. The molecule has 0 bridgehead atoms. The van der Waals surface area contributed by atoms with Crippen LogP contribution in [-0.4, -0.2) is 24.8 Å². The molecule has 0 spiro atoms. The maximum atomic E-state index is 12.7. The van der Waals surface area contributed by atoms with E-state index in [2.05, 4.69) is 0 Å². The van der Waals surface area contributed by atoms with Gasteiger partial charge in [-0.15, -0.1) is 0 Å². The van der Waals surface area contributed by atoms with Crippen LogP contribution < -0.4 is 0 Å². The molecule has 0 amide bonds. The average Bonchev–Trinajstić information content (AvgIpc) is 2.36. The quantitative estimate of drug-likeness (QED) is 0.747. The fourth-order valence-corrected chi connectivity index (χ4v) is 4.13. The summed E-state index contributed by atoms with van der Waals surface area (Å²) in [6.07, 6.45) is 2.65. The first-order chi connectivity index (χ1) is 9.70. The molecule has 21 heavy (non-hydrogen) atoms. The summed E-state index contributed by atoms with van der Waals surface area (Å²) in [6, 6.07) is 5.43. The van der Waals surface area contributed by atoms with Crippen LogP contribution >= 0.6 is 0 Å². The van der Waals surface area contributed by atoms with Crippen LogP contribution in [0.5, 0.6) is 0 Å². The topological polar surface area (TPSA) is 37.4 Å². The van der Waals surface area contributed by atoms with Gasteiger partial charge in [-0.05, 0) is 30.0 Å². The average molecular weight is 317 g/mol. The lowest BCUT2D eigenvalue weighted by molar-refractivity contribution is -0.0493. The Morgan fingerprint density at radius 3 is 2.57 bits per heavy atom. The van der Waals surface area contributed by atoms with E-state index in [1.165, 1.54) is 0 Å². The van der Waals surface area contributed by atoms with E-state index < -0.39 is 15.5 Å². The van der Waals surface area contributed by atoms with Gasteiger partial charge in [-0.3, -0.25) is 0 Å². The predicted molar refractivity (Wildman–Crippen MR) is 72.0 cm³/mol. The van der Waals surface area contributed by atoms with E-state index in [1.54, 1.807) is 12.1 Å². The smallest absolute Gasteiger partial charge is 0.203 e. The van der Waals surface area contributed by atoms with Crippen molar-refractivity contribution >= 4 is 10.0 Å². The molecule has 1 atom stereocenters. The zero-order chi connectivity index (χ0) is 15.4. The highest BCUT2D eigenvalue weighted by atomic mass is 32.2. The Hall–Kier alpha value is -1.34. The fraction of sp³-hybridized carbons (Fsp3) is 0.429. The van der Waals surface area contributed by atoms with E-state index in [9.17, 15) is 21.6 Å². The van der Waals surface area contributed by atoms with E-state index in [0.29, 0.717) is 9.87 Å². The molecule has 114 valence electrons. The van der Waals surface area contributed by atoms with Crippen LogP contribution in [0.2, 0.25) is 0 Å². The highest BCUT2D eigenvalue weighted by Crippen LogP contribution is 2.40. The van der Waals surface area contributed by atoms with Crippen molar-refractivity contribution in [2.45, 2.75) is 31.3 Å². The number of sulfonamides is 1. The Kier molecular flexibility index (Phi) is 3.18. The standard InChI is InChI=1S/C14H14F3NO2S/c1-9-5-10-3-2-4-11-7-18(8-12(6-9)13(10)11)21(19,20)14(15,16)17/h2-4,6,12H,5,7-8H2,1H3. The molecule has 1 aliphatic heterocycles. The SMILES string of the molecule is CC1=CC2CN(S(=O)(=O)C(F)(F)F)Cc3cccc(c32)C1. The molecule has 0 saturated heterocycles. The summed E-state index contributed by atoms with van der Waals surface area (Å²) in [5.74, 6) is -0.296. The molecule has 1 aliphatic carbocycles.